The first kappa shape index (κ1) is 24.0. The Kier molecular flexibility index (Phi) is 7.47. The zero-order chi connectivity index (χ0) is 24.8. The summed E-state index contributed by atoms with van der Waals surface area (Å²) in [7, 11) is 3.93. The van der Waals surface area contributed by atoms with Gasteiger partial charge in [0.15, 0.2) is 0 Å². The van der Waals surface area contributed by atoms with E-state index in [-0.39, 0.29) is 12.0 Å². The fraction of sp³-hybridized carbons (Fsp3) is 0.154. The summed E-state index contributed by atoms with van der Waals surface area (Å²) in [6, 6.07) is 21.5. The van der Waals surface area contributed by atoms with Crippen LogP contribution >= 0.6 is 11.3 Å². The van der Waals surface area contributed by atoms with Gasteiger partial charge in [-0.25, -0.2) is 4.39 Å². The van der Waals surface area contributed by atoms with Crippen LogP contribution in [0.5, 0.6) is 0 Å². The van der Waals surface area contributed by atoms with Gasteiger partial charge >= 0.3 is 0 Å². The molecule has 0 aliphatic rings. The molecule has 0 spiro atoms. The van der Waals surface area contributed by atoms with Gasteiger partial charge in [0.25, 0.3) is 5.91 Å². The fourth-order valence-electron chi connectivity index (χ4n) is 3.39. The molecule has 4 rings (SSSR count). The molecule has 178 valence electrons. The van der Waals surface area contributed by atoms with E-state index in [9.17, 15) is 14.0 Å². The molecule has 2 N–H and O–H groups in total. The predicted octanol–water partition coefficient (Wildman–Crippen LogP) is 4.39. The van der Waals surface area contributed by atoms with Crippen LogP contribution in [0.4, 0.5) is 15.2 Å². The number of carbonyl (C=O) groups is 2. The van der Waals surface area contributed by atoms with Crippen LogP contribution in [-0.2, 0) is 11.2 Å². The molecule has 1 heterocycles. The molecule has 0 bridgehead atoms. The van der Waals surface area contributed by atoms with Crippen molar-refractivity contribution in [2.75, 3.05) is 24.3 Å². The fourth-order valence-corrected chi connectivity index (χ4v) is 4.14. The second kappa shape index (κ2) is 10.9. The molecule has 9 heteroatoms. The summed E-state index contributed by atoms with van der Waals surface area (Å²) in [5, 5.41) is 14.8. The van der Waals surface area contributed by atoms with E-state index in [1.165, 1.54) is 35.6 Å². The average molecular weight is 490 g/mol. The number of anilines is 2. The van der Waals surface area contributed by atoms with Crippen LogP contribution < -0.4 is 15.5 Å². The van der Waals surface area contributed by atoms with Crippen molar-refractivity contribution in [2.24, 2.45) is 0 Å². The highest BCUT2D eigenvalue weighted by atomic mass is 32.1. The lowest BCUT2D eigenvalue weighted by atomic mass is 10.0. The molecule has 1 aromatic heterocycles. The van der Waals surface area contributed by atoms with Gasteiger partial charge in [0.2, 0.25) is 11.0 Å². The Morgan fingerprint density at radius 3 is 2.29 bits per heavy atom. The molecule has 0 saturated carbocycles. The summed E-state index contributed by atoms with van der Waals surface area (Å²) >= 11 is 1.25. The van der Waals surface area contributed by atoms with Gasteiger partial charge in [0, 0.05) is 37.3 Å². The highest BCUT2D eigenvalue weighted by Gasteiger charge is 2.23. The third kappa shape index (κ3) is 6.27. The van der Waals surface area contributed by atoms with Crippen LogP contribution in [-0.4, -0.2) is 42.1 Å². The molecule has 0 radical (unpaired) electrons. The number of halogens is 1. The van der Waals surface area contributed by atoms with E-state index < -0.39 is 23.7 Å². The van der Waals surface area contributed by atoms with E-state index in [1.54, 1.807) is 0 Å². The Morgan fingerprint density at radius 2 is 1.63 bits per heavy atom. The Labute approximate surface area is 206 Å². The third-order valence-electron chi connectivity index (χ3n) is 5.30. The molecule has 0 saturated heterocycles. The molecule has 7 nitrogen and oxygen atoms in total. The molecule has 0 aliphatic heterocycles. The Hall–Kier alpha value is -4.11. The number of hydrogen-bond acceptors (Lipinski definition) is 6. The van der Waals surface area contributed by atoms with Crippen molar-refractivity contribution in [1.82, 2.24) is 15.5 Å². The van der Waals surface area contributed by atoms with Crippen molar-refractivity contribution in [2.45, 2.75) is 12.5 Å². The maximum Gasteiger partial charge on any atom is 0.251 e. The van der Waals surface area contributed by atoms with Crippen molar-refractivity contribution in [1.29, 1.82) is 0 Å². The first-order chi connectivity index (χ1) is 16.9. The maximum absolute atomic E-state index is 13.2. The number of aromatic nitrogens is 2. The Bertz CT molecular complexity index is 1290. The van der Waals surface area contributed by atoms with E-state index in [0.717, 1.165) is 16.8 Å². The van der Waals surface area contributed by atoms with Crippen molar-refractivity contribution in [3.8, 4) is 10.6 Å². The largest absolute Gasteiger partial charge is 0.378 e. The van der Waals surface area contributed by atoms with Crippen LogP contribution in [0.2, 0.25) is 0 Å². The van der Waals surface area contributed by atoms with Crippen molar-refractivity contribution >= 4 is 34.0 Å². The van der Waals surface area contributed by atoms with Crippen molar-refractivity contribution in [3.63, 3.8) is 0 Å². The molecule has 3 aromatic carbocycles. The van der Waals surface area contributed by atoms with Crippen LogP contribution in [0, 0.1) is 5.82 Å². The number of benzene rings is 3. The minimum absolute atomic E-state index is 0.261. The van der Waals surface area contributed by atoms with Gasteiger partial charge in [0.1, 0.15) is 16.9 Å². The van der Waals surface area contributed by atoms with Gasteiger partial charge in [-0.2, -0.15) is 0 Å². The normalized spacial score (nSPS) is 11.5. The van der Waals surface area contributed by atoms with Gasteiger partial charge in [-0.3, -0.25) is 14.9 Å². The minimum atomic E-state index is -0.873. The number of nitrogens with zero attached hydrogens (tertiary/aromatic N) is 3. The number of amides is 2. The maximum atomic E-state index is 13.2. The molecule has 2 amide bonds. The molecule has 4 aromatic rings. The molecule has 0 aliphatic carbocycles. The van der Waals surface area contributed by atoms with E-state index in [2.05, 4.69) is 20.8 Å². The summed E-state index contributed by atoms with van der Waals surface area (Å²) in [4.78, 5) is 27.9. The quantitative estimate of drug-likeness (QED) is 0.383. The van der Waals surface area contributed by atoms with E-state index in [0.29, 0.717) is 10.1 Å². The molecule has 35 heavy (non-hydrogen) atoms. The predicted molar refractivity (Wildman–Crippen MR) is 136 cm³/mol. The van der Waals surface area contributed by atoms with E-state index in [1.807, 2.05) is 73.6 Å². The van der Waals surface area contributed by atoms with Crippen LogP contribution in [0.3, 0.4) is 0 Å². The van der Waals surface area contributed by atoms with Crippen LogP contribution in [0.25, 0.3) is 10.6 Å². The monoisotopic (exact) mass is 489 g/mol. The number of carbonyl (C=O) groups excluding carboxylic acids is 2. The van der Waals surface area contributed by atoms with Crippen LogP contribution in [0.1, 0.15) is 15.9 Å². The average Bonchev–Trinajstić information content (AvgIpc) is 3.33. The van der Waals surface area contributed by atoms with Crippen molar-refractivity contribution in [3.05, 3.63) is 95.8 Å². The van der Waals surface area contributed by atoms with Gasteiger partial charge < -0.3 is 10.2 Å². The lowest BCUT2D eigenvalue weighted by Gasteiger charge is -2.18. The van der Waals surface area contributed by atoms with E-state index in [4.69, 9.17) is 0 Å². The highest BCUT2D eigenvalue weighted by molar-refractivity contribution is 7.18. The van der Waals surface area contributed by atoms with Gasteiger partial charge in [-0.05, 0) is 54.1 Å². The lowest BCUT2D eigenvalue weighted by Crippen LogP contribution is -2.45. The highest BCUT2D eigenvalue weighted by Crippen LogP contribution is 2.28. The Morgan fingerprint density at radius 1 is 0.943 bits per heavy atom. The first-order valence-corrected chi connectivity index (χ1v) is 11.7. The molecule has 1 atom stereocenters. The van der Waals surface area contributed by atoms with Gasteiger partial charge in [-0.1, -0.05) is 41.7 Å². The topological polar surface area (TPSA) is 87.2 Å². The van der Waals surface area contributed by atoms with Gasteiger partial charge in [0.05, 0.1) is 0 Å². The molecular formula is C26H24FN5O2S. The van der Waals surface area contributed by atoms with Crippen molar-refractivity contribution < 1.29 is 14.0 Å². The Balaban J connectivity index is 1.49. The first-order valence-electron chi connectivity index (χ1n) is 10.9. The molecule has 0 fully saturated rings. The molecule has 1 unspecified atom stereocenters. The smallest absolute Gasteiger partial charge is 0.251 e. The zero-order valence-corrected chi connectivity index (χ0v) is 20.1. The van der Waals surface area contributed by atoms with E-state index >= 15 is 0 Å². The number of nitrogens with one attached hydrogen (secondary N) is 2. The molecular weight excluding hydrogens is 465 g/mol. The second-order valence-corrected chi connectivity index (χ2v) is 9.04. The second-order valence-electron chi connectivity index (χ2n) is 8.07. The third-order valence-corrected chi connectivity index (χ3v) is 6.18. The summed E-state index contributed by atoms with van der Waals surface area (Å²) in [6.45, 7) is 0. The standard InChI is InChI=1S/C26H24FN5O2S/c1-32(2)21-14-10-19(11-15-21)25-30-31-26(35-25)29-24(34)22(16-17-6-4-3-5-7-17)28-23(33)18-8-12-20(27)13-9-18/h3-15,22H,16H2,1-2H3,(H,28,33)(H,29,31,34). The zero-order valence-electron chi connectivity index (χ0n) is 19.2. The summed E-state index contributed by atoms with van der Waals surface area (Å²) in [5.41, 5.74) is 3.09. The number of hydrogen-bond donors (Lipinski definition) is 2. The van der Waals surface area contributed by atoms with Crippen LogP contribution in [0.15, 0.2) is 78.9 Å². The summed E-state index contributed by atoms with van der Waals surface area (Å²) < 4.78 is 13.2. The van der Waals surface area contributed by atoms with Gasteiger partial charge in [-0.15, -0.1) is 10.2 Å². The number of rotatable bonds is 8. The lowest BCUT2D eigenvalue weighted by molar-refractivity contribution is -0.118. The summed E-state index contributed by atoms with van der Waals surface area (Å²) in [6.07, 6.45) is 0.275. The summed E-state index contributed by atoms with van der Waals surface area (Å²) in [5.74, 6) is -1.33. The minimum Gasteiger partial charge on any atom is -0.378 e. The SMILES string of the molecule is CN(C)c1ccc(-c2nnc(NC(=O)C(Cc3ccccc3)NC(=O)c3ccc(F)cc3)s2)cc1.